The summed E-state index contributed by atoms with van der Waals surface area (Å²) in [6, 6.07) is 27.0. The Morgan fingerprint density at radius 3 is 2.22 bits per heavy atom. The Hall–Kier alpha value is -3.11. The van der Waals surface area contributed by atoms with Gasteiger partial charge < -0.3 is 15.0 Å². The fraction of sp³-hybridized carbons (Fsp3) is 0.321. The van der Waals surface area contributed by atoms with Crippen LogP contribution in [0.3, 0.4) is 0 Å². The number of piperidine rings is 1. The minimum absolute atomic E-state index is 0.137. The van der Waals surface area contributed by atoms with Crippen LogP contribution in [0.2, 0.25) is 0 Å². The van der Waals surface area contributed by atoms with Gasteiger partial charge in [-0.25, -0.2) is 0 Å². The van der Waals surface area contributed by atoms with Crippen LogP contribution >= 0.6 is 0 Å². The van der Waals surface area contributed by atoms with Gasteiger partial charge in [0.2, 0.25) is 5.91 Å². The van der Waals surface area contributed by atoms with E-state index in [0.717, 1.165) is 43.8 Å². The van der Waals surface area contributed by atoms with Crippen LogP contribution in [0.1, 0.15) is 35.1 Å². The van der Waals surface area contributed by atoms with E-state index in [1.165, 1.54) is 16.7 Å². The summed E-state index contributed by atoms with van der Waals surface area (Å²) < 4.78 is 5.89. The number of carbonyl (C=O) groups excluding carboxylic acids is 1. The lowest BCUT2D eigenvalue weighted by molar-refractivity contribution is -0.919. The number of likely N-dealkylation sites (tertiary alicyclic amines) is 1. The number of aryl methyl sites for hydroxylation is 1. The van der Waals surface area contributed by atoms with Crippen LogP contribution in [0.25, 0.3) is 0 Å². The molecule has 1 aliphatic rings. The summed E-state index contributed by atoms with van der Waals surface area (Å²) in [6.45, 7) is 6.35. The Balaban J connectivity index is 1.18. The van der Waals surface area contributed by atoms with Crippen LogP contribution in [-0.4, -0.2) is 19.0 Å². The Morgan fingerprint density at radius 2 is 1.53 bits per heavy atom. The molecule has 0 atom stereocenters. The molecule has 0 unspecified atom stereocenters. The van der Waals surface area contributed by atoms with Crippen molar-refractivity contribution >= 4 is 5.91 Å². The summed E-state index contributed by atoms with van der Waals surface area (Å²) in [6.07, 6.45) is 1.90. The fourth-order valence-electron chi connectivity index (χ4n) is 4.24. The second kappa shape index (κ2) is 11.0. The highest BCUT2D eigenvalue weighted by Crippen LogP contribution is 2.15. The lowest BCUT2D eigenvalue weighted by Gasteiger charge is -2.28. The van der Waals surface area contributed by atoms with Crippen molar-refractivity contribution in [3.8, 4) is 5.75 Å². The summed E-state index contributed by atoms with van der Waals surface area (Å²) in [5.41, 5.74) is 4.88. The van der Waals surface area contributed by atoms with Gasteiger partial charge in [0.15, 0.2) is 0 Å². The first-order valence-corrected chi connectivity index (χ1v) is 11.6. The largest absolute Gasteiger partial charge is 0.489 e. The zero-order valence-corrected chi connectivity index (χ0v) is 18.8. The molecule has 3 aromatic carbocycles. The number of rotatable bonds is 8. The molecule has 4 rings (SSSR count). The molecule has 0 bridgehead atoms. The zero-order valence-electron chi connectivity index (χ0n) is 18.8. The molecule has 1 fully saturated rings. The number of nitrogens with one attached hydrogen (secondary N) is 2. The number of ether oxygens (including phenoxy) is 1. The Kier molecular flexibility index (Phi) is 7.57. The van der Waals surface area contributed by atoms with Gasteiger partial charge in [-0.3, -0.25) is 4.79 Å². The van der Waals surface area contributed by atoms with Crippen molar-refractivity contribution in [3.63, 3.8) is 0 Å². The molecule has 0 aliphatic carbocycles. The van der Waals surface area contributed by atoms with E-state index >= 15 is 0 Å². The third kappa shape index (κ3) is 6.44. The molecule has 4 nitrogen and oxygen atoms in total. The number of carbonyl (C=O) groups is 1. The van der Waals surface area contributed by atoms with Crippen LogP contribution in [0, 0.1) is 12.8 Å². The molecule has 0 spiro atoms. The maximum absolute atomic E-state index is 12.6. The van der Waals surface area contributed by atoms with Gasteiger partial charge in [-0.15, -0.1) is 0 Å². The van der Waals surface area contributed by atoms with Crippen molar-refractivity contribution in [2.45, 2.75) is 39.5 Å². The molecule has 1 saturated heterocycles. The molecule has 166 valence electrons. The minimum atomic E-state index is 0.137. The smallest absolute Gasteiger partial charge is 0.223 e. The quantitative estimate of drug-likeness (QED) is 0.574. The van der Waals surface area contributed by atoms with Crippen molar-refractivity contribution in [1.82, 2.24) is 5.32 Å². The molecule has 2 N–H and O–H groups in total. The Morgan fingerprint density at radius 1 is 0.875 bits per heavy atom. The lowest BCUT2D eigenvalue weighted by Crippen LogP contribution is -3.11. The maximum Gasteiger partial charge on any atom is 0.223 e. The van der Waals surface area contributed by atoms with Crippen LogP contribution in [-0.2, 0) is 24.5 Å². The Labute approximate surface area is 191 Å². The molecule has 1 aliphatic heterocycles. The molecule has 0 radical (unpaired) electrons. The highest BCUT2D eigenvalue weighted by Gasteiger charge is 2.27. The van der Waals surface area contributed by atoms with Gasteiger partial charge in [0, 0.05) is 30.9 Å². The van der Waals surface area contributed by atoms with Crippen LogP contribution in [0.5, 0.6) is 5.75 Å². The maximum atomic E-state index is 12.6. The van der Waals surface area contributed by atoms with Gasteiger partial charge in [-0.05, 0) is 42.3 Å². The average molecular weight is 430 g/mol. The number of amides is 1. The SMILES string of the molecule is Cc1ccc(CNC(=O)C2CC[NH+](Cc3ccc(OCc4ccccc4)cc3)CC2)cc1. The van der Waals surface area contributed by atoms with E-state index < -0.39 is 0 Å². The van der Waals surface area contributed by atoms with Gasteiger partial charge in [0.1, 0.15) is 18.9 Å². The van der Waals surface area contributed by atoms with Crippen LogP contribution in [0.15, 0.2) is 78.9 Å². The molecule has 4 heteroatoms. The summed E-state index contributed by atoms with van der Waals surface area (Å²) in [5.74, 6) is 1.24. The zero-order chi connectivity index (χ0) is 22.2. The van der Waals surface area contributed by atoms with E-state index in [1.54, 1.807) is 4.90 Å². The van der Waals surface area contributed by atoms with Gasteiger partial charge in [0.05, 0.1) is 13.1 Å². The molecular weight excluding hydrogens is 396 g/mol. The standard InChI is InChI=1S/C28H32N2O2/c1-22-7-9-23(10-8-22)19-29-28(31)26-15-17-30(18-16-26)20-24-11-13-27(14-12-24)32-21-25-5-3-2-4-6-25/h2-14,26H,15-21H2,1H3,(H,29,31)/p+1. The molecule has 32 heavy (non-hydrogen) atoms. The molecular formula is C28H33N2O2+. The van der Waals surface area contributed by atoms with Crippen molar-refractivity contribution in [3.05, 3.63) is 101 Å². The number of hydrogen-bond acceptors (Lipinski definition) is 2. The first-order valence-electron chi connectivity index (χ1n) is 11.6. The molecule has 0 aromatic heterocycles. The van der Waals surface area contributed by atoms with E-state index in [0.29, 0.717) is 13.2 Å². The van der Waals surface area contributed by atoms with Gasteiger partial charge in [0.25, 0.3) is 0 Å². The highest BCUT2D eigenvalue weighted by atomic mass is 16.5. The van der Waals surface area contributed by atoms with Gasteiger partial charge in [-0.2, -0.15) is 0 Å². The summed E-state index contributed by atoms with van der Waals surface area (Å²) in [5, 5.41) is 3.12. The van der Waals surface area contributed by atoms with E-state index in [2.05, 4.69) is 72.9 Å². The monoisotopic (exact) mass is 429 g/mol. The lowest BCUT2D eigenvalue weighted by atomic mass is 9.95. The average Bonchev–Trinajstić information content (AvgIpc) is 2.84. The van der Waals surface area contributed by atoms with Gasteiger partial charge >= 0.3 is 0 Å². The van der Waals surface area contributed by atoms with Gasteiger partial charge in [-0.1, -0.05) is 60.2 Å². The minimum Gasteiger partial charge on any atom is -0.489 e. The molecule has 3 aromatic rings. The van der Waals surface area contributed by atoms with Crippen molar-refractivity contribution < 1.29 is 14.4 Å². The molecule has 0 saturated carbocycles. The van der Waals surface area contributed by atoms with E-state index in [9.17, 15) is 4.79 Å². The number of benzene rings is 3. The summed E-state index contributed by atoms with van der Waals surface area (Å²) in [4.78, 5) is 14.1. The normalized spacial score (nSPS) is 18.2. The fourth-order valence-corrected chi connectivity index (χ4v) is 4.24. The second-order valence-electron chi connectivity index (χ2n) is 8.82. The Bertz CT molecular complexity index is 976. The highest BCUT2D eigenvalue weighted by molar-refractivity contribution is 5.78. The van der Waals surface area contributed by atoms with E-state index in [4.69, 9.17) is 4.74 Å². The predicted octanol–water partition coefficient (Wildman–Crippen LogP) is 3.69. The first-order chi connectivity index (χ1) is 15.7. The third-order valence-electron chi connectivity index (χ3n) is 6.28. The van der Waals surface area contributed by atoms with Crippen LogP contribution in [0.4, 0.5) is 0 Å². The molecule has 1 amide bonds. The van der Waals surface area contributed by atoms with Crippen molar-refractivity contribution in [2.75, 3.05) is 13.1 Å². The van der Waals surface area contributed by atoms with Crippen molar-refractivity contribution in [1.29, 1.82) is 0 Å². The third-order valence-corrected chi connectivity index (χ3v) is 6.28. The predicted molar refractivity (Wildman–Crippen MR) is 127 cm³/mol. The summed E-state index contributed by atoms with van der Waals surface area (Å²) in [7, 11) is 0. The molecule has 1 heterocycles. The van der Waals surface area contributed by atoms with Crippen LogP contribution < -0.4 is 15.0 Å². The number of hydrogen-bond donors (Lipinski definition) is 2. The second-order valence-corrected chi connectivity index (χ2v) is 8.82. The van der Waals surface area contributed by atoms with E-state index in [-0.39, 0.29) is 11.8 Å². The summed E-state index contributed by atoms with van der Waals surface area (Å²) >= 11 is 0. The topological polar surface area (TPSA) is 42.8 Å². The first kappa shape index (κ1) is 22.1. The van der Waals surface area contributed by atoms with E-state index in [1.807, 2.05) is 18.2 Å². The van der Waals surface area contributed by atoms with Crippen molar-refractivity contribution in [2.24, 2.45) is 5.92 Å². The number of quaternary nitrogens is 1.